The first-order valence-electron chi connectivity index (χ1n) is 6.82. The van der Waals surface area contributed by atoms with Crippen LogP contribution in [0.4, 0.5) is 5.69 Å². The maximum Gasteiger partial charge on any atom is 0.269 e. The summed E-state index contributed by atoms with van der Waals surface area (Å²) in [5.74, 6) is 0.186. The summed E-state index contributed by atoms with van der Waals surface area (Å²) in [5, 5.41) is 20.8. The number of hydrazine groups is 1. The maximum absolute atomic E-state index is 10.9. The second-order valence-electron chi connectivity index (χ2n) is 5.20. The molecule has 1 aliphatic heterocycles. The van der Waals surface area contributed by atoms with Crippen LogP contribution in [-0.2, 0) is 0 Å². The summed E-state index contributed by atoms with van der Waals surface area (Å²) < 4.78 is 0. The second-order valence-corrected chi connectivity index (χ2v) is 5.20. The summed E-state index contributed by atoms with van der Waals surface area (Å²) in [6.07, 6.45) is 1.90. The molecule has 0 spiro atoms. The number of hydrogen-bond donors (Lipinski definition) is 3. The number of aromatic hydroxyl groups is 1. The molecule has 0 saturated carbocycles. The summed E-state index contributed by atoms with van der Waals surface area (Å²) >= 11 is 0. The molecule has 0 saturated heterocycles. The number of benzene rings is 2. The Kier molecular flexibility index (Phi) is 3.52. The number of phenols is 1. The lowest BCUT2D eigenvalue weighted by Gasteiger charge is -2.09. The minimum Gasteiger partial charge on any atom is -0.507 e. The Balaban J connectivity index is 1.93. The van der Waals surface area contributed by atoms with E-state index in [1.54, 1.807) is 12.1 Å². The van der Waals surface area contributed by atoms with Gasteiger partial charge in [0.1, 0.15) is 5.75 Å². The molecule has 6 nitrogen and oxygen atoms in total. The van der Waals surface area contributed by atoms with Gasteiger partial charge in [0.2, 0.25) is 0 Å². The van der Waals surface area contributed by atoms with Gasteiger partial charge in [-0.1, -0.05) is 23.8 Å². The number of nitro benzene ring substituents is 1. The number of aryl methyl sites for hydroxylation is 1. The van der Waals surface area contributed by atoms with Crippen molar-refractivity contribution in [3.05, 3.63) is 75.3 Å². The quantitative estimate of drug-likeness (QED) is 0.599. The van der Waals surface area contributed by atoms with Crippen LogP contribution in [0, 0.1) is 17.0 Å². The molecule has 6 heteroatoms. The molecule has 0 aliphatic carbocycles. The van der Waals surface area contributed by atoms with E-state index in [-0.39, 0.29) is 17.5 Å². The molecule has 0 fully saturated rings. The molecule has 112 valence electrons. The largest absolute Gasteiger partial charge is 0.507 e. The summed E-state index contributed by atoms with van der Waals surface area (Å²) in [4.78, 5) is 10.4. The summed E-state index contributed by atoms with van der Waals surface area (Å²) in [7, 11) is 0. The van der Waals surface area contributed by atoms with Gasteiger partial charge in [-0.15, -0.1) is 0 Å². The molecule has 2 aromatic rings. The average Bonchev–Trinajstić information content (AvgIpc) is 2.99. The van der Waals surface area contributed by atoms with Gasteiger partial charge in [0.05, 0.1) is 16.7 Å². The molecule has 22 heavy (non-hydrogen) atoms. The fourth-order valence-electron chi connectivity index (χ4n) is 2.44. The van der Waals surface area contributed by atoms with E-state index in [0.717, 1.165) is 16.8 Å². The molecule has 3 rings (SSSR count). The number of hydrogen-bond acceptors (Lipinski definition) is 5. The first-order valence-corrected chi connectivity index (χ1v) is 6.82. The van der Waals surface area contributed by atoms with E-state index in [1.807, 2.05) is 31.2 Å². The molecular weight excluding hydrogens is 282 g/mol. The van der Waals surface area contributed by atoms with Gasteiger partial charge in [-0.25, -0.2) is 5.43 Å². The van der Waals surface area contributed by atoms with E-state index in [4.69, 9.17) is 0 Å². The number of nitrogens with one attached hydrogen (secondary N) is 2. The molecular formula is C16H15N3O3. The standard InChI is InChI=1S/C16H15N3O3/c1-10-5-6-16(20)13(7-10)15-9-14(17-18-15)11-3-2-4-12(8-11)19(21)22/h2-9,14,17-18,20H,1H3. The minimum absolute atomic E-state index is 0.0551. The van der Waals surface area contributed by atoms with Gasteiger partial charge in [-0.2, -0.15) is 0 Å². The lowest BCUT2D eigenvalue weighted by molar-refractivity contribution is -0.384. The third-order valence-electron chi connectivity index (χ3n) is 3.58. The first-order chi connectivity index (χ1) is 10.5. The molecule has 1 unspecified atom stereocenters. The predicted octanol–water partition coefficient (Wildman–Crippen LogP) is 2.80. The predicted molar refractivity (Wildman–Crippen MR) is 82.9 cm³/mol. The highest BCUT2D eigenvalue weighted by atomic mass is 16.6. The Bertz CT molecular complexity index is 771. The van der Waals surface area contributed by atoms with Crippen molar-refractivity contribution in [1.82, 2.24) is 10.9 Å². The van der Waals surface area contributed by atoms with E-state index < -0.39 is 4.92 Å². The van der Waals surface area contributed by atoms with Crippen LogP contribution in [0.15, 0.2) is 48.5 Å². The van der Waals surface area contributed by atoms with Crippen molar-refractivity contribution in [2.24, 2.45) is 0 Å². The van der Waals surface area contributed by atoms with Crippen LogP contribution in [0.3, 0.4) is 0 Å². The third kappa shape index (κ3) is 2.64. The highest BCUT2D eigenvalue weighted by Crippen LogP contribution is 2.30. The number of rotatable bonds is 3. The number of nitrogens with zero attached hydrogens (tertiary/aromatic N) is 1. The number of phenolic OH excluding ortho intramolecular Hbond substituents is 1. The van der Waals surface area contributed by atoms with E-state index in [0.29, 0.717) is 5.56 Å². The summed E-state index contributed by atoms with van der Waals surface area (Å²) in [6.45, 7) is 1.95. The fraction of sp³-hybridized carbons (Fsp3) is 0.125. The Morgan fingerprint density at radius 2 is 2.05 bits per heavy atom. The number of nitro groups is 1. The normalized spacial score (nSPS) is 17.0. The molecule has 1 aliphatic rings. The highest BCUT2D eigenvalue weighted by molar-refractivity contribution is 5.71. The van der Waals surface area contributed by atoms with Gasteiger partial charge >= 0.3 is 0 Å². The Hall–Kier alpha value is -2.86. The zero-order valence-corrected chi connectivity index (χ0v) is 11.9. The summed E-state index contributed by atoms with van der Waals surface area (Å²) in [5.41, 5.74) is 9.39. The van der Waals surface area contributed by atoms with E-state index in [2.05, 4.69) is 10.9 Å². The van der Waals surface area contributed by atoms with Crippen molar-refractivity contribution in [2.75, 3.05) is 0 Å². The SMILES string of the molecule is Cc1ccc(O)c(C2=CC(c3cccc([N+](=O)[O-])c3)NN2)c1. The van der Waals surface area contributed by atoms with Crippen molar-refractivity contribution in [3.8, 4) is 5.75 Å². The van der Waals surface area contributed by atoms with Crippen LogP contribution >= 0.6 is 0 Å². The lowest BCUT2D eigenvalue weighted by Crippen LogP contribution is -2.26. The average molecular weight is 297 g/mol. The molecule has 0 aromatic heterocycles. The summed E-state index contributed by atoms with van der Waals surface area (Å²) in [6, 6.07) is 11.6. The topological polar surface area (TPSA) is 87.4 Å². The van der Waals surface area contributed by atoms with Crippen molar-refractivity contribution < 1.29 is 10.0 Å². The third-order valence-corrected chi connectivity index (χ3v) is 3.58. The minimum atomic E-state index is -0.414. The van der Waals surface area contributed by atoms with Crippen molar-refractivity contribution in [2.45, 2.75) is 13.0 Å². The van der Waals surface area contributed by atoms with E-state index >= 15 is 0 Å². The van der Waals surface area contributed by atoms with Crippen LogP contribution in [0.1, 0.15) is 22.7 Å². The Labute approximate surface area is 127 Å². The fourth-order valence-corrected chi connectivity index (χ4v) is 2.44. The van der Waals surface area contributed by atoms with E-state index in [1.165, 1.54) is 12.1 Å². The number of non-ortho nitro benzene ring substituents is 1. The Morgan fingerprint density at radius 3 is 2.82 bits per heavy atom. The van der Waals surface area contributed by atoms with E-state index in [9.17, 15) is 15.2 Å². The van der Waals surface area contributed by atoms with Gasteiger partial charge in [0.25, 0.3) is 5.69 Å². The molecule has 0 bridgehead atoms. The monoisotopic (exact) mass is 297 g/mol. The molecule has 1 heterocycles. The van der Waals surface area contributed by atoms with Gasteiger partial charge in [-0.3, -0.25) is 10.1 Å². The Morgan fingerprint density at radius 1 is 1.23 bits per heavy atom. The van der Waals surface area contributed by atoms with Crippen LogP contribution in [-0.4, -0.2) is 10.0 Å². The smallest absolute Gasteiger partial charge is 0.269 e. The zero-order valence-electron chi connectivity index (χ0n) is 11.9. The van der Waals surface area contributed by atoms with Gasteiger partial charge < -0.3 is 10.5 Å². The highest BCUT2D eigenvalue weighted by Gasteiger charge is 2.20. The van der Waals surface area contributed by atoms with Crippen molar-refractivity contribution in [3.63, 3.8) is 0 Å². The van der Waals surface area contributed by atoms with Crippen LogP contribution in [0.5, 0.6) is 5.75 Å². The zero-order chi connectivity index (χ0) is 15.7. The first kappa shape index (κ1) is 14.1. The van der Waals surface area contributed by atoms with Crippen LogP contribution in [0.2, 0.25) is 0 Å². The van der Waals surface area contributed by atoms with Crippen LogP contribution < -0.4 is 10.9 Å². The van der Waals surface area contributed by atoms with Gasteiger partial charge in [0.15, 0.2) is 0 Å². The molecule has 2 aromatic carbocycles. The second kappa shape index (κ2) is 5.50. The molecule has 0 amide bonds. The maximum atomic E-state index is 10.9. The van der Waals surface area contributed by atoms with Gasteiger partial charge in [0, 0.05) is 17.7 Å². The van der Waals surface area contributed by atoms with Crippen LogP contribution in [0.25, 0.3) is 5.70 Å². The van der Waals surface area contributed by atoms with Crippen molar-refractivity contribution in [1.29, 1.82) is 0 Å². The molecule has 1 atom stereocenters. The molecule has 0 radical (unpaired) electrons. The van der Waals surface area contributed by atoms with Gasteiger partial charge in [-0.05, 0) is 30.7 Å². The van der Waals surface area contributed by atoms with Crippen molar-refractivity contribution >= 4 is 11.4 Å². The lowest BCUT2D eigenvalue weighted by atomic mass is 10.0. The molecule has 3 N–H and O–H groups in total.